The molecule has 35 heavy (non-hydrogen) atoms. The predicted molar refractivity (Wildman–Crippen MR) is 138 cm³/mol. The molecule has 9 nitrogen and oxygen atoms in total. The van der Waals surface area contributed by atoms with Crippen LogP contribution in [0.4, 0.5) is 5.13 Å². The number of sulfone groups is 1. The number of amides is 1. The van der Waals surface area contributed by atoms with Crippen molar-refractivity contribution in [2.45, 2.75) is 11.8 Å². The lowest BCUT2D eigenvalue weighted by atomic mass is 10.2. The van der Waals surface area contributed by atoms with Gasteiger partial charge in [0.15, 0.2) is 15.0 Å². The molecule has 0 spiro atoms. The Bertz CT molecular complexity index is 1260. The van der Waals surface area contributed by atoms with Gasteiger partial charge >= 0.3 is 0 Å². The van der Waals surface area contributed by atoms with Gasteiger partial charge in [-0.05, 0) is 24.3 Å². The third-order valence-electron chi connectivity index (χ3n) is 6.10. The molecular weight excluding hydrogens is 488 g/mol. The fraction of sp³-hybridized carbons (Fsp3) is 0.417. The van der Waals surface area contributed by atoms with Crippen LogP contribution in [0.2, 0.25) is 0 Å². The van der Waals surface area contributed by atoms with Crippen molar-refractivity contribution in [1.82, 2.24) is 15.2 Å². The molecule has 0 unspecified atom stereocenters. The molecule has 1 saturated heterocycles. The number of carbonyl (C=O) groups excluding carboxylic acids is 1. The topological polar surface area (TPSA) is 101 Å². The summed E-state index contributed by atoms with van der Waals surface area (Å²) in [5, 5.41) is 3.81. The molecule has 1 aliphatic rings. The Morgan fingerprint density at radius 2 is 1.74 bits per heavy atom. The van der Waals surface area contributed by atoms with Crippen molar-refractivity contribution in [3.8, 4) is 11.5 Å². The fourth-order valence-corrected chi connectivity index (χ4v) is 6.29. The zero-order valence-electron chi connectivity index (χ0n) is 20.1. The summed E-state index contributed by atoms with van der Waals surface area (Å²) in [5.41, 5.74) is 1.00. The number of thiazole rings is 1. The first-order valence-corrected chi connectivity index (χ1v) is 13.9. The molecule has 4 rings (SSSR count). The molecule has 0 aliphatic carbocycles. The van der Waals surface area contributed by atoms with Crippen molar-refractivity contribution >= 4 is 42.4 Å². The van der Waals surface area contributed by atoms with Crippen LogP contribution in [0.25, 0.3) is 10.2 Å². The van der Waals surface area contributed by atoms with Gasteiger partial charge in [0.2, 0.25) is 0 Å². The van der Waals surface area contributed by atoms with Gasteiger partial charge in [-0.15, -0.1) is 0 Å². The normalized spacial score (nSPS) is 14.8. The smallest absolute Gasteiger partial charge is 0.252 e. The molecular formula is C24H30N4O5S2. The first-order valence-electron chi connectivity index (χ1n) is 11.5. The number of methoxy groups -OCH3 is 2. The number of hydrogen-bond donors (Lipinski definition) is 1. The molecule has 0 atom stereocenters. The van der Waals surface area contributed by atoms with E-state index in [-0.39, 0.29) is 22.1 Å². The van der Waals surface area contributed by atoms with Gasteiger partial charge in [0.1, 0.15) is 21.7 Å². The highest BCUT2D eigenvalue weighted by Gasteiger charge is 2.23. The molecule has 1 amide bonds. The highest BCUT2D eigenvalue weighted by atomic mass is 32.2. The van der Waals surface area contributed by atoms with E-state index in [0.29, 0.717) is 13.1 Å². The Morgan fingerprint density at radius 1 is 1.06 bits per heavy atom. The second kappa shape index (κ2) is 10.8. The number of ether oxygens (including phenoxy) is 2. The molecule has 11 heteroatoms. The predicted octanol–water partition coefficient (Wildman–Crippen LogP) is 2.66. The lowest BCUT2D eigenvalue weighted by molar-refractivity contribution is 0.0944. The number of fused-ring (bicyclic) bond motifs is 1. The van der Waals surface area contributed by atoms with Gasteiger partial charge in [-0.25, -0.2) is 13.4 Å². The monoisotopic (exact) mass is 518 g/mol. The maximum Gasteiger partial charge on any atom is 0.252 e. The van der Waals surface area contributed by atoms with Gasteiger partial charge in [-0.3, -0.25) is 9.69 Å². The van der Waals surface area contributed by atoms with Gasteiger partial charge in [0.25, 0.3) is 5.91 Å². The summed E-state index contributed by atoms with van der Waals surface area (Å²) in [6.07, 6.45) is 0. The summed E-state index contributed by atoms with van der Waals surface area (Å²) in [6.45, 7) is 6.00. The van der Waals surface area contributed by atoms with Crippen LogP contribution >= 0.6 is 11.3 Å². The molecule has 0 radical (unpaired) electrons. The minimum Gasteiger partial charge on any atom is -0.495 e. The Kier molecular flexibility index (Phi) is 7.78. The highest BCUT2D eigenvalue weighted by Crippen LogP contribution is 2.40. The fourth-order valence-electron chi connectivity index (χ4n) is 4.08. The summed E-state index contributed by atoms with van der Waals surface area (Å²) in [6, 6.07) is 10.1. The van der Waals surface area contributed by atoms with Crippen LogP contribution < -0.4 is 19.7 Å². The van der Waals surface area contributed by atoms with Crippen molar-refractivity contribution in [3.05, 3.63) is 42.0 Å². The van der Waals surface area contributed by atoms with Crippen molar-refractivity contribution in [3.63, 3.8) is 0 Å². The quantitative estimate of drug-likeness (QED) is 0.462. The minimum absolute atomic E-state index is 0.0458. The molecule has 2 heterocycles. The molecule has 1 aromatic heterocycles. The number of anilines is 1. The molecule has 0 bridgehead atoms. The Labute approximate surface area is 209 Å². The summed E-state index contributed by atoms with van der Waals surface area (Å²) in [4.78, 5) is 22.1. The van der Waals surface area contributed by atoms with E-state index in [0.717, 1.165) is 53.0 Å². The lowest BCUT2D eigenvalue weighted by Crippen LogP contribution is -2.48. The molecule has 1 aliphatic heterocycles. The van der Waals surface area contributed by atoms with Gasteiger partial charge in [0.05, 0.1) is 30.4 Å². The van der Waals surface area contributed by atoms with Crippen LogP contribution in [-0.2, 0) is 9.84 Å². The first kappa shape index (κ1) is 25.2. The lowest BCUT2D eigenvalue weighted by Gasteiger charge is -2.34. The van der Waals surface area contributed by atoms with Gasteiger partial charge in [0, 0.05) is 39.3 Å². The van der Waals surface area contributed by atoms with Crippen molar-refractivity contribution in [1.29, 1.82) is 0 Å². The van der Waals surface area contributed by atoms with E-state index >= 15 is 0 Å². The summed E-state index contributed by atoms with van der Waals surface area (Å²) in [5.74, 6) is 1.10. The number of carbonyl (C=O) groups is 1. The molecule has 2 aromatic carbocycles. The van der Waals surface area contributed by atoms with E-state index in [4.69, 9.17) is 14.5 Å². The standard InChI is InChI=1S/C24H30N4O5S2/c1-4-35(30,31)20-8-6-5-7-17(20)23(29)25-11-12-27-13-15-28(16-14-27)24-26-21-18(32-2)9-10-19(33-3)22(21)34-24/h5-10H,4,11-16H2,1-3H3,(H,25,29). The number of piperazine rings is 1. The summed E-state index contributed by atoms with van der Waals surface area (Å²) >= 11 is 1.60. The SMILES string of the molecule is CCS(=O)(=O)c1ccccc1C(=O)NCCN1CCN(c2nc3c(OC)ccc(OC)c3s2)CC1. The molecule has 1 fully saturated rings. The number of aromatic nitrogens is 1. The molecule has 3 aromatic rings. The van der Waals surface area contributed by atoms with Crippen LogP contribution in [0.3, 0.4) is 0 Å². The number of nitrogens with one attached hydrogen (secondary N) is 1. The Morgan fingerprint density at radius 3 is 2.43 bits per heavy atom. The van der Waals surface area contributed by atoms with Crippen molar-refractivity contribution in [2.24, 2.45) is 0 Å². The van der Waals surface area contributed by atoms with Crippen LogP contribution in [0, 0.1) is 0 Å². The van der Waals surface area contributed by atoms with Crippen LogP contribution in [-0.4, -0.2) is 83.4 Å². The largest absolute Gasteiger partial charge is 0.495 e. The Balaban J connectivity index is 1.33. The van der Waals surface area contributed by atoms with E-state index in [1.54, 1.807) is 50.7 Å². The zero-order valence-corrected chi connectivity index (χ0v) is 21.7. The van der Waals surface area contributed by atoms with E-state index in [1.807, 2.05) is 12.1 Å². The van der Waals surface area contributed by atoms with E-state index in [9.17, 15) is 13.2 Å². The number of rotatable bonds is 9. The maximum atomic E-state index is 12.7. The van der Waals surface area contributed by atoms with E-state index in [1.165, 1.54) is 6.07 Å². The van der Waals surface area contributed by atoms with Crippen LogP contribution in [0.1, 0.15) is 17.3 Å². The third-order valence-corrected chi connectivity index (χ3v) is 9.02. The molecule has 1 N–H and O–H groups in total. The van der Waals surface area contributed by atoms with Crippen molar-refractivity contribution < 1.29 is 22.7 Å². The van der Waals surface area contributed by atoms with E-state index < -0.39 is 9.84 Å². The van der Waals surface area contributed by atoms with Gasteiger partial charge in [-0.1, -0.05) is 30.4 Å². The second-order valence-corrected chi connectivity index (χ2v) is 11.4. The van der Waals surface area contributed by atoms with Crippen LogP contribution in [0.5, 0.6) is 11.5 Å². The highest BCUT2D eigenvalue weighted by molar-refractivity contribution is 7.91. The summed E-state index contributed by atoms with van der Waals surface area (Å²) in [7, 11) is -0.178. The number of benzene rings is 2. The minimum atomic E-state index is -3.47. The van der Waals surface area contributed by atoms with Gasteiger partial charge < -0.3 is 19.7 Å². The average molecular weight is 519 g/mol. The second-order valence-electron chi connectivity index (χ2n) is 8.13. The number of hydrogen-bond acceptors (Lipinski definition) is 9. The first-order chi connectivity index (χ1) is 16.9. The molecule has 188 valence electrons. The molecule has 0 saturated carbocycles. The maximum absolute atomic E-state index is 12.7. The average Bonchev–Trinajstić information content (AvgIpc) is 3.34. The van der Waals surface area contributed by atoms with Crippen molar-refractivity contribution in [2.75, 3.05) is 64.1 Å². The zero-order chi connectivity index (χ0) is 25.0. The third kappa shape index (κ3) is 5.36. The summed E-state index contributed by atoms with van der Waals surface area (Å²) < 4.78 is 36.6. The number of nitrogens with zero attached hydrogens (tertiary/aromatic N) is 3. The van der Waals surface area contributed by atoms with E-state index in [2.05, 4.69) is 15.1 Å². The van der Waals surface area contributed by atoms with Gasteiger partial charge in [-0.2, -0.15) is 0 Å². The van der Waals surface area contributed by atoms with Crippen LogP contribution in [0.15, 0.2) is 41.3 Å². The Hall–Kier alpha value is -2.89.